The van der Waals surface area contributed by atoms with Crippen LogP contribution in [0, 0.1) is 5.92 Å². The number of hydrogen-bond donors (Lipinski definition) is 0. The fourth-order valence-electron chi connectivity index (χ4n) is 4.50. The Kier molecular flexibility index (Phi) is 4.79. The molecular formula is C20H25N5OS2. The number of amides is 1. The number of aryl methyl sites for hydroxylation is 1. The fraction of sp³-hybridized carbons (Fsp3) is 0.600. The SMILES string of the molecule is C[C@@H]1CCc2c(sc3ncn4c(SCC(=O)N5CCCC[C@@H]5C)nnc4c23)C1. The van der Waals surface area contributed by atoms with E-state index in [1.807, 2.05) is 15.6 Å². The largest absolute Gasteiger partial charge is 0.339 e. The van der Waals surface area contributed by atoms with E-state index in [0.29, 0.717) is 11.8 Å². The van der Waals surface area contributed by atoms with Crippen molar-refractivity contribution in [2.45, 2.75) is 63.6 Å². The summed E-state index contributed by atoms with van der Waals surface area (Å²) in [5.74, 6) is 1.34. The standard InChI is InChI=1S/C20H25N5OS2/c1-12-6-7-14-15(9-12)28-19-17(14)18-22-23-20(25(18)11-21-19)27-10-16(26)24-8-4-3-5-13(24)2/h11-13H,3-10H2,1-2H3/t12-,13+/m1/s1. The van der Waals surface area contributed by atoms with Gasteiger partial charge in [-0.15, -0.1) is 21.5 Å². The van der Waals surface area contributed by atoms with Gasteiger partial charge in [-0.3, -0.25) is 9.20 Å². The van der Waals surface area contributed by atoms with Crippen LogP contribution in [0.3, 0.4) is 0 Å². The lowest BCUT2D eigenvalue weighted by molar-refractivity contribution is -0.131. The number of piperidine rings is 1. The Hall–Kier alpha value is -1.67. The maximum Gasteiger partial charge on any atom is 0.233 e. The van der Waals surface area contributed by atoms with Gasteiger partial charge >= 0.3 is 0 Å². The molecule has 0 unspecified atom stereocenters. The van der Waals surface area contributed by atoms with Crippen LogP contribution in [0.5, 0.6) is 0 Å². The number of likely N-dealkylation sites (tertiary alicyclic amines) is 1. The van der Waals surface area contributed by atoms with E-state index in [9.17, 15) is 4.79 Å². The number of hydrogen-bond acceptors (Lipinski definition) is 6. The molecule has 3 aromatic rings. The minimum atomic E-state index is 0.199. The summed E-state index contributed by atoms with van der Waals surface area (Å²) in [5.41, 5.74) is 2.30. The van der Waals surface area contributed by atoms with Crippen molar-refractivity contribution in [3.05, 3.63) is 16.8 Å². The predicted octanol–water partition coefficient (Wildman–Crippen LogP) is 3.96. The van der Waals surface area contributed by atoms with Crippen molar-refractivity contribution in [3.63, 3.8) is 0 Å². The van der Waals surface area contributed by atoms with Gasteiger partial charge in [0.1, 0.15) is 11.2 Å². The third kappa shape index (κ3) is 3.10. The molecule has 6 nitrogen and oxygen atoms in total. The van der Waals surface area contributed by atoms with Gasteiger partial charge in [-0.2, -0.15) is 0 Å². The maximum absolute atomic E-state index is 12.7. The van der Waals surface area contributed by atoms with Crippen molar-refractivity contribution in [2.75, 3.05) is 12.3 Å². The van der Waals surface area contributed by atoms with E-state index in [1.54, 1.807) is 11.3 Å². The smallest absolute Gasteiger partial charge is 0.233 e. The molecule has 1 aliphatic heterocycles. The molecule has 5 rings (SSSR count). The van der Waals surface area contributed by atoms with Crippen LogP contribution in [0.1, 0.15) is 50.0 Å². The Morgan fingerprint density at radius 2 is 2.18 bits per heavy atom. The van der Waals surface area contributed by atoms with Crippen LogP contribution < -0.4 is 0 Å². The number of rotatable bonds is 3. The Bertz CT molecular complexity index is 1040. The Balaban J connectivity index is 1.42. The summed E-state index contributed by atoms with van der Waals surface area (Å²) >= 11 is 3.28. The topological polar surface area (TPSA) is 63.4 Å². The van der Waals surface area contributed by atoms with Crippen LogP contribution in [-0.2, 0) is 17.6 Å². The van der Waals surface area contributed by atoms with Gasteiger partial charge in [0.05, 0.1) is 11.1 Å². The van der Waals surface area contributed by atoms with E-state index in [1.165, 1.54) is 40.4 Å². The van der Waals surface area contributed by atoms with Crippen LogP contribution in [0.25, 0.3) is 15.9 Å². The summed E-state index contributed by atoms with van der Waals surface area (Å²) in [7, 11) is 0. The average molecular weight is 416 g/mol. The lowest BCUT2D eigenvalue weighted by atomic mass is 9.89. The molecule has 0 N–H and O–H groups in total. The molecule has 0 spiro atoms. The number of carbonyl (C=O) groups is 1. The first-order valence-corrected chi connectivity index (χ1v) is 12.0. The highest BCUT2D eigenvalue weighted by Crippen LogP contribution is 2.39. The first-order chi connectivity index (χ1) is 13.6. The number of fused-ring (bicyclic) bond motifs is 5. The minimum Gasteiger partial charge on any atom is -0.339 e. The van der Waals surface area contributed by atoms with E-state index in [2.05, 4.69) is 24.0 Å². The maximum atomic E-state index is 12.7. The van der Waals surface area contributed by atoms with Gasteiger partial charge < -0.3 is 4.90 Å². The van der Waals surface area contributed by atoms with Crippen LogP contribution in [-0.4, -0.2) is 48.7 Å². The second kappa shape index (κ2) is 7.30. The van der Waals surface area contributed by atoms with E-state index in [-0.39, 0.29) is 5.91 Å². The molecule has 1 saturated heterocycles. The second-order valence-corrected chi connectivity index (χ2v) is 10.2. The molecule has 8 heteroatoms. The Labute approximate surface area is 172 Å². The molecule has 0 radical (unpaired) electrons. The number of thiophene rings is 1. The molecule has 3 aromatic heterocycles. The molecule has 28 heavy (non-hydrogen) atoms. The van der Waals surface area contributed by atoms with E-state index >= 15 is 0 Å². The van der Waals surface area contributed by atoms with Gasteiger partial charge in [0.2, 0.25) is 5.91 Å². The van der Waals surface area contributed by atoms with Crippen molar-refractivity contribution in [1.29, 1.82) is 0 Å². The quantitative estimate of drug-likeness (QED) is 0.606. The van der Waals surface area contributed by atoms with Crippen LogP contribution in [0.2, 0.25) is 0 Å². The zero-order valence-corrected chi connectivity index (χ0v) is 18.0. The fourth-order valence-corrected chi connectivity index (χ4v) is 6.63. The highest BCUT2D eigenvalue weighted by Gasteiger charge is 2.25. The number of carbonyl (C=O) groups excluding carboxylic acids is 1. The summed E-state index contributed by atoms with van der Waals surface area (Å²) in [6, 6.07) is 0.345. The molecule has 1 aliphatic carbocycles. The lowest BCUT2D eigenvalue weighted by Crippen LogP contribution is -2.42. The zero-order valence-electron chi connectivity index (χ0n) is 16.3. The third-order valence-corrected chi connectivity index (χ3v) is 8.21. The molecule has 1 amide bonds. The van der Waals surface area contributed by atoms with Gasteiger partial charge in [-0.25, -0.2) is 4.98 Å². The van der Waals surface area contributed by atoms with E-state index < -0.39 is 0 Å². The van der Waals surface area contributed by atoms with E-state index in [4.69, 9.17) is 4.98 Å². The molecule has 2 aliphatic rings. The number of thioether (sulfide) groups is 1. The summed E-state index contributed by atoms with van der Waals surface area (Å²) in [6.07, 6.45) is 8.71. The highest BCUT2D eigenvalue weighted by atomic mass is 32.2. The first-order valence-electron chi connectivity index (χ1n) is 10.2. The zero-order chi connectivity index (χ0) is 19.3. The summed E-state index contributed by atoms with van der Waals surface area (Å²) in [5, 5.41) is 10.8. The molecule has 148 valence electrons. The molecule has 0 saturated carbocycles. The van der Waals surface area contributed by atoms with Crippen LogP contribution in [0.15, 0.2) is 11.5 Å². The van der Waals surface area contributed by atoms with Crippen molar-refractivity contribution < 1.29 is 4.79 Å². The molecule has 0 bridgehead atoms. The molecular weight excluding hydrogens is 390 g/mol. The number of nitrogens with zero attached hydrogens (tertiary/aromatic N) is 5. The van der Waals surface area contributed by atoms with Gasteiger partial charge in [0, 0.05) is 17.5 Å². The predicted molar refractivity (Wildman–Crippen MR) is 113 cm³/mol. The van der Waals surface area contributed by atoms with Crippen molar-refractivity contribution in [1.82, 2.24) is 24.5 Å². The summed E-state index contributed by atoms with van der Waals surface area (Å²) < 4.78 is 1.96. The van der Waals surface area contributed by atoms with Crippen molar-refractivity contribution in [2.24, 2.45) is 5.92 Å². The molecule has 2 atom stereocenters. The van der Waals surface area contributed by atoms with Crippen molar-refractivity contribution >= 4 is 44.9 Å². The minimum absolute atomic E-state index is 0.199. The summed E-state index contributed by atoms with van der Waals surface area (Å²) in [6.45, 7) is 5.35. The van der Waals surface area contributed by atoms with Gasteiger partial charge in [0.25, 0.3) is 0 Å². The molecule has 4 heterocycles. The third-order valence-electron chi connectivity index (χ3n) is 6.12. The lowest BCUT2D eigenvalue weighted by Gasteiger charge is -2.33. The van der Waals surface area contributed by atoms with Gasteiger partial charge in [0.15, 0.2) is 10.8 Å². The van der Waals surface area contributed by atoms with Crippen LogP contribution >= 0.6 is 23.1 Å². The number of aromatic nitrogens is 4. The monoisotopic (exact) mass is 415 g/mol. The average Bonchev–Trinajstić information content (AvgIpc) is 3.26. The van der Waals surface area contributed by atoms with Crippen molar-refractivity contribution in [3.8, 4) is 0 Å². The normalized spacial score (nSPS) is 22.7. The van der Waals surface area contributed by atoms with Gasteiger partial charge in [-0.1, -0.05) is 18.7 Å². The summed E-state index contributed by atoms with van der Waals surface area (Å²) in [4.78, 5) is 21.9. The molecule has 0 aromatic carbocycles. The first kappa shape index (κ1) is 18.4. The highest BCUT2D eigenvalue weighted by molar-refractivity contribution is 7.99. The second-order valence-electron chi connectivity index (χ2n) is 8.17. The Morgan fingerprint density at radius 3 is 3.04 bits per heavy atom. The molecule has 1 fully saturated rings. The Morgan fingerprint density at radius 1 is 1.29 bits per heavy atom. The van der Waals surface area contributed by atoms with E-state index in [0.717, 1.165) is 53.8 Å². The van der Waals surface area contributed by atoms with Crippen LogP contribution in [0.4, 0.5) is 0 Å². The van der Waals surface area contributed by atoms with Gasteiger partial charge in [-0.05, 0) is 56.9 Å².